The van der Waals surface area contributed by atoms with Gasteiger partial charge >= 0.3 is 13.8 Å². The summed E-state index contributed by atoms with van der Waals surface area (Å²) in [5, 5.41) is 4.24. The standard InChI is InChI=1S/C34H43F3N5O6P/c1-6-33(7-2,49(44,45)46)21-11-15-26(28(17-21)47-5)40-32-38-18-25(34(35,36)37)30(41-32)39-27-16-14-23(24-19-42(4)31(43)29(24)27)20-9-12-22(13-10-20)48-8-3/h11,14-18,20,22H,6-10,12-13,19H2,1-5H3,(H2,44,45,46)(H2,38,39,40,41). The third-order valence-electron chi connectivity index (χ3n) is 9.88. The second kappa shape index (κ2) is 14.3. The number of hydrogen-bond acceptors (Lipinski definition) is 8. The molecule has 4 N–H and O–H groups in total. The molecule has 0 unspecified atom stereocenters. The molecule has 1 fully saturated rings. The number of rotatable bonds is 12. The van der Waals surface area contributed by atoms with E-state index in [1.807, 2.05) is 13.0 Å². The highest BCUT2D eigenvalue weighted by Gasteiger charge is 2.45. The van der Waals surface area contributed by atoms with Gasteiger partial charge in [0.25, 0.3) is 5.91 Å². The summed E-state index contributed by atoms with van der Waals surface area (Å²) in [6.07, 6.45) is -0.0290. The summed E-state index contributed by atoms with van der Waals surface area (Å²) in [4.78, 5) is 43.4. The summed E-state index contributed by atoms with van der Waals surface area (Å²) in [5.74, 6) is -0.641. The highest BCUT2D eigenvalue weighted by molar-refractivity contribution is 7.53. The van der Waals surface area contributed by atoms with Crippen LogP contribution in [0.1, 0.15) is 97.8 Å². The van der Waals surface area contributed by atoms with Crippen molar-refractivity contribution >= 4 is 36.6 Å². The number of carbonyl (C=O) groups is 1. The Bertz CT molecular complexity index is 1740. The van der Waals surface area contributed by atoms with Crippen molar-refractivity contribution in [3.63, 3.8) is 0 Å². The lowest BCUT2D eigenvalue weighted by molar-refractivity contribution is -0.137. The molecule has 0 saturated heterocycles. The fourth-order valence-electron chi connectivity index (χ4n) is 7.16. The largest absolute Gasteiger partial charge is 0.495 e. The molecular formula is C34H43F3N5O6P. The summed E-state index contributed by atoms with van der Waals surface area (Å²) < 4.78 is 66.6. The van der Waals surface area contributed by atoms with E-state index >= 15 is 0 Å². The minimum Gasteiger partial charge on any atom is -0.495 e. The lowest BCUT2D eigenvalue weighted by atomic mass is 9.80. The number of alkyl halides is 3. The van der Waals surface area contributed by atoms with Crippen LogP contribution in [-0.2, 0) is 27.2 Å². The fraction of sp³-hybridized carbons (Fsp3) is 0.500. The number of methoxy groups -OCH3 is 1. The van der Waals surface area contributed by atoms with Crippen molar-refractivity contribution in [1.29, 1.82) is 0 Å². The van der Waals surface area contributed by atoms with Crippen LogP contribution in [0.25, 0.3) is 0 Å². The normalized spacial score (nSPS) is 18.4. The average Bonchev–Trinajstić information content (AvgIpc) is 3.36. The number of halogens is 3. The van der Waals surface area contributed by atoms with Gasteiger partial charge in [0, 0.05) is 26.4 Å². The molecule has 1 aliphatic heterocycles. The molecule has 266 valence electrons. The molecule has 5 rings (SSSR count). The van der Waals surface area contributed by atoms with Crippen molar-refractivity contribution in [3.8, 4) is 5.75 Å². The van der Waals surface area contributed by atoms with Gasteiger partial charge in [0.15, 0.2) is 0 Å². The molecule has 0 radical (unpaired) electrons. The maximum atomic E-state index is 14.2. The second-order valence-electron chi connectivity index (χ2n) is 12.5. The Hall–Kier alpha value is -3.71. The van der Waals surface area contributed by atoms with Crippen LogP contribution in [0, 0.1) is 0 Å². The maximum Gasteiger partial charge on any atom is 0.421 e. The number of aromatic nitrogens is 2. The zero-order valence-electron chi connectivity index (χ0n) is 28.2. The third-order valence-corrected chi connectivity index (χ3v) is 11.9. The molecular weight excluding hydrogens is 662 g/mol. The van der Waals surface area contributed by atoms with E-state index in [2.05, 4.69) is 20.6 Å². The van der Waals surface area contributed by atoms with E-state index in [4.69, 9.17) is 9.47 Å². The SMILES string of the molecule is CCOC1CCC(c2ccc(Nc3nc(Nc4ccc(C(CC)(CC)P(=O)(O)O)cc4OC)ncc3C(F)(F)F)c3c2CN(C)C3=O)CC1. The van der Waals surface area contributed by atoms with E-state index in [1.165, 1.54) is 25.3 Å². The fourth-order valence-corrected chi connectivity index (χ4v) is 8.46. The Balaban J connectivity index is 1.49. The summed E-state index contributed by atoms with van der Waals surface area (Å²) in [6.45, 7) is 6.36. The Morgan fingerprint density at radius 2 is 1.69 bits per heavy atom. The van der Waals surface area contributed by atoms with E-state index in [0.29, 0.717) is 30.5 Å². The number of ether oxygens (including phenoxy) is 2. The lowest BCUT2D eigenvalue weighted by Gasteiger charge is -2.33. The Morgan fingerprint density at radius 3 is 2.29 bits per heavy atom. The average molecular weight is 706 g/mol. The predicted molar refractivity (Wildman–Crippen MR) is 180 cm³/mol. The van der Waals surface area contributed by atoms with Gasteiger partial charge in [-0.1, -0.05) is 26.0 Å². The van der Waals surface area contributed by atoms with Crippen LogP contribution in [0.15, 0.2) is 36.5 Å². The molecule has 0 spiro atoms. The second-order valence-corrected chi connectivity index (χ2v) is 14.5. The van der Waals surface area contributed by atoms with Gasteiger partial charge < -0.3 is 34.8 Å². The van der Waals surface area contributed by atoms with E-state index in [0.717, 1.165) is 36.8 Å². The summed E-state index contributed by atoms with van der Waals surface area (Å²) in [7, 11) is -1.55. The molecule has 1 saturated carbocycles. The van der Waals surface area contributed by atoms with Crippen molar-refractivity contribution in [1.82, 2.24) is 14.9 Å². The molecule has 2 aliphatic rings. The zero-order chi connectivity index (χ0) is 35.7. The highest BCUT2D eigenvalue weighted by atomic mass is 31.2. The van der Waals surface area contributed by atoms with Crippen LogP contribution >= 0.6 is 7.60 Å². The number of anilines is 4. The lowest BCUT2D eigenvalue weighted by Crippen LogP contribution is -2.24. The number of amides is 1. The van der Waals surface area contributed by atoms with Crippen molar-refractivity contribution in [2.45, 2.75) is 89.2 Å². The van der Waals surface area contributed by atoms with Gasteiger partial charge in [-0.15, -0.1) is 0 Å². The van der Waals surface area contributed by atoms with Crippen LogP contribution < -0.4 is 15.4 Å². The van der Waals surface area contributed by atoms with Gasteiger partial charge in [-0.05, 0) is 86.3 Å². The monoisotopic (exact) mass is 705 g/mol. The van der Waals surface area contributed by atoms with E-state index in [-0.39, 0.29) is 53.8 Å². The minimum atomic E-state index is -4.81. The van der Waals surface area contributed by atoms with Crippen LogP contribution in [0.4, 0.5) is 36.3 Å². The molecule has 2 aromatic carbocycles. The number of hydrogen-bond donors (Lipinski definition) is 4. The predicted octanol–water partition coefficient (Wildman–Crippen LogP) is 7.83. The van der Waals surface area contributed by atoms with Gasteiger partial charge in [0.05, 0.1) is 35.3 Å². The molecule has 2 heterocycles. The highest BCUT2D eigenvalue weighted by Crippen LogP contribution is 2.61. The zero-order valence-corrected chi connectivity index (χ0v) is 29.1. The van der Waals surface area contributed by atoms with Crippen molar-refractivity contribution < 1.29 is 41.8 Å². The quantitative estimate of drug-likeness (QED) is 0.138. The summed E-state index contributed by atoms with van der Waals surface area (Å²) >= 11 is 0. The first-order chi connectivity index (χ1) is 23.2. The van der Waals surface area contributed by atoms with Gasteiger partial charge in [-0.2, -0.15) is 18.2 Å². The van der Waals surface area contributed by atoms with Gasteiger partial charge in [-0.3, -0.25) is 9.36 Å². The van der Waals surface area contributed by atoms with E-state index in [9.17, 15) is 32.3 Å². The molecule has 15 heteroatoms. The Kier molecular flexibility index (Phi) is 10.6. The molecule has 1 aromatic heterocycles. The Labute approximate surface area is 283 Å². The van der Waals surface area contributed by atoms with Crippen LogP contribution in [-0.4, -0.2) is 57.4 Å². The maximum absolute atomic E-state index is 14.2. The number of fused-ring (bicyclic) bond motifs is 1. The molecule has 11 nitrogen and oxygen atoms in total. The Morgan fingerprint density at radius 1 is 1.02 bits per heavy atom. The van der Waals surface area contributed by atoms with Crippen molar-refractivity contribution in [3.05, 3.63) is 64.3 Å². The topological polar surface area (TPSA) is 146 Å². The van der Waals surface area contributed by atoms with Crippen LogP contribution in [0.3, 0.4) is 0 Å². The molecule has 0 bridgehead atoms. The number of carbonyl (C=O) groups excluding carboxylic acids is 1. The van der Waals surface area contributed by atoms with Crippen molar-refractivity contribution in [2.24, 2.45) is 0 Å². The molecule has 0 atom stereocenters. The number of nitrogens with one attached hydrogen (secondary N) is 2. The molecule has 49 heavy (non-hydrogen) atoms. The summed E-state index contributed by atoms with van der Waals surface area (Å²) in [6, 6.07) is 8.08. The van der Waals surface area contributed by atoms with Crippen molar-refractivity contribution in [2.75, 3.05) is 31.4 Å². The van der Waals surface area contributed by atoms with Crippen LogP contribution in [0.5, 0.6) is 5.75 Å². The molecule has 1 amide bonds. The summed E-state index contributed by atoms with van der Waals surface area (Å²) in [5.41, 5.74) is 1.87. The smallest absolute Gasteiger partial charge is 0.421 e. The van der Waals surface area contributed by atoms with Gasteiger partial charge in [-0.25, -0.2) is 4.98 Å². The number of benzene rings is 2. The van der Waals surface area contributed by atoms with Gasteiger partial charge in [0.1, 0.15) is 17.1 Å². The minimum absolute atomic E-state index is 0.165. The first kappa shape index (κ1) is 36.6. The first-order valence-corrected chi connectivity index (χ1v) is 18.0. The molecule has 1 aliphatic carbocycles. The van der Waals surface area contributed by atoms with E-state index < -0.39 is 30.3 Å². The molecule has 3 aromatic rings. The van der Waals surface area contributed by atoms with E-state index in [1.54, 1.807) is 31.9 Å². The van der Waals surface area contributed by atoms with Gasteiger partial charge in [0.2, 0.25) is 5.95 Å². The van der Waals surface area contributed by atoms with Crippen LogP contribution in [0.2, 0.25) is 0 Å². The number of nitrogens with zero attached hydrogens (tertiary/aromatic N) is 3. The first-order valence-electron chi connectivity index (χ1n) is 16.4. The third kappa shape index (κ3) is 7.15.